The highest BCUT2D eigenvalue weighted by Gasteiger charge is 2.23. The largest absolute Gasteiger partial charge is 0.348 e. The molecule has 3 rings (SSSR count). The number of nitrogens with zero attached hydrogens (tertiary/aromatic N) is 3. The predicted octanol–water partition coefficient (Wildman–Crippen LogP) is 3.50. The first-order chi connectivity index (χ1) is 11.0. The van der Waals surface area contributed by atoms with Crippen LogP contribution in [-0.4, -0.2) is 26.5 Å². The van der Waals surface area contributed by atoms with Crippen molar-refractivity contribution in [3.63, 3.8) is 0 Å². The maximum Gasteiger partial charge on any atom is 0.272 e. The number of aryl methyl sites for hydroxylation is 1. The molecule has 0 saturated heterocycles. The molecule has 0 aliphatic rings. The Morgan fingerprint density at radius 2 is 2.13 bits per heavy atom. The van der Waals surface area contributed by atoms with Crippen LogP contribution in [0.25, 0.3) is 16.8 Å². The summed E-state index contributed by atoms with van der Waals surface area (Å²) >= 11 is 6.05. The van der Waals surface area contributed by atoms with Gasteiger partial charge >= 0.3 is 0 Å². The Hall–Kier alpha value is -2.40. The molecule has 0 saturated carbocycles. The van der Waals surface area contributed by atoms with Crippen molar-refractivity contribution in [2.24, 2.45) is 0 Å². The van der Waals surface area contributed by atoms with E-state index in [4.69, 9.17) is 11.6 Å². The highest BCUT2D eigenvalue weighted by atomic mass is 35.5. The summed E-state index contributed by atoms with van der Waals surface area (Å²) in [7, 11) is 0. The Morgan fingerprint density at radius 3 is 2.83 bits per heavy atom. The van der Waals surface area contributed by atoms with Crippen LogP contribution in [-0.2, 0) is 0 Å². The summed E-state index contributed by atoms with van der Waals surface area (Å²) in [5.74, 6) is -0.213. The Kier molecular flexibility index (Phi) is 4.05. The van der Waals surface area contributed by atoms with E-state index in [1.54, 1.807) is 29.0 Å². The summed E-state index contributed by atoms with van der Waals surface area (Å²) in [6.45, 7) is 5.79. The highest BCUT2D eigenvalue weighted by molar-refractivity contribution is 6.30. The molecule has 1 N–H and O–H groups in total. The molecule has 2 aromatic heterocycles. The zero-order valence-electron chi connectivity index (χ0n) is 13.2. The second-order valence-corrected chi connectivity index (χ2v) is 6.14. The molecule has 5 nitrogen and oxygen atoms in total. The molecule has 1 amide bonds. The number of aromatic nitrogens is 3. The molecule has 0 spiro atoms. The Bertz CT molecular complexity index is 885. The maximum absolute atomic E-state index is 12.6. The van der Waals surface area contributed by atoms with Crippen molar-refractivity contribution >= 4 is 23.2 Å². The lowest BCUT2D eigenvalue weighted by Crippen LogP contribution is -2.30. The van der Waals surface area contributed by atoms with Crippen LogP contribution in [0.3, 0.4) is 0 Å². The van der Waals surface area contributed by atoms with E-state index in [2.05, 4.69) is 15.4 Å². The van der Waals surface area contributed by atoms with Crippen LogP contribution in [0.5, 0.6) is 0 Å². The fraction of sp³-hybridized carbons (Fsp3) is 0.235. The normalized spacial score (nSPS) is 11.2. The fourth-order valence-electron chi connectivity index (χ4n) is 2.53. The molecule has 0 unspecified atom stereocenters. The number of benzene rings is 1. The lowest BCUT2D eigenvalue weighted by atomic mass is 10.00. The maximum atomic E-state index is 12.6. The van der Waals surface area contributed by atoms with Crippen molar-refractivity contribution in [3.8, 4) is 11.1 Å². The number of carbonyl (C=O) groups is 1. The molecule has 0 fully saturated rings. The van der Waals surface area contributed by atoms with E-state index in [-0.39, 0.29) is 11.9 Å². The third kappa shape index (κ3) is 2.92. The first kappa shape index (κ1) is 15.5. The SMILES string of the molecule is Cc1cc(Cl)ccc1-c1c(C(=O)NC(C)C)nn2cccnc12. The number of rotatable bonds is 3. The second-order valence-electron chi connectivity index (χ2n) is 5.70. The van der Waals surface area contributed by atoms with Crippen LogP contribution in [0.4, 0.5) is 0 Å². The summed E-state index contributed by atoms with van der Waals surface area (Å²) < 4.78 is 1.62. The van der Waals surface area contributed by atoms with Gasteiger partial charge in [-0.2, -0.15) is 5.10 Å². The molecule has 2 heterocycles. The number of fused-ring (bicyclic) bond motifs is 1. The lowest BCUT2D eigenvalue weighted by Gasteiger charge is -2.09. The molecule has 0 bridgehead atoms. The molecule has 6 heteroatoms. The molecule has 118 valence electrons. The van der Waals surface area contributed by atoms with E-state index in [1.165, 1.54) is 0 Å². The summed E-state index contributed by atoms with van der Waals surface area (Å²) in [6.07, 6.45) is 3.47. The predicted molar refractivity (Wildman–Crippen MR) is 90.8 cm³/mol. The molecule has 0 aliphatic heterocycles. The first-order valence-electron chi connectivity index (χ1n) is 7.38. The molecular weight excluding hydrogens is 312 g/mol. The molecule has 0 aliphatic carbocycles. The van der Waals surface area contributed by atoms with Gasteiger partial charge in [-0.1, -0.05) is 17.7 Å². The van der Waals surface area contributed by atoms with Crippen molar-refractivity contribution in [1.82, 2.24) is 19.9 Å². The van der Waals surface area contributed by atoms with Gasteiger partial charge in [0.15, 0.2) is 11.3 Å². The van der Waals surface area contributed by atoms with Crippen LogP contribution in [0.1, 0.15) is 29.9 Å². The standard InChI is InChI=1S/C17H17ClN4O/c1-10(2)20-17(23)15-14(13-6-5-12(18)9-11(13)3)16-19-7-4-8-22(16)21-15/h4-10H,1-3H3,(H,20,23). The van der Waals surface area contributed by atoms with Gasteiger partial charge in [0.05, 0.1) is 5.56 Å². The van der Waals surface area contributed by atoms with Crippen molar-refractivity contribution < 1.29 is 4.79 Å². The summed E-state index contributed by atoms with van der Waals surface area (Å²) in [4.78, 5) is 16.9. The quantitative estimate of drug-likeness (QED) is 0.800. The Morgan fingerprint density at radius 1 is 1.35 bits per heavy atom. The van der Waals surface area contributed by atoms with Gasteiger partial charge in [0.25, 0.3) is 5.91 Å². The zero-order chi connectivity index (χ0) is 16.6. The molecular formula is C17H17ClN4O. The van der Waals surface area contributed by atoms with E-state index < -0.39 is 0 Å². The molecule has 23 heavy (non-hydrogen) atoms. The summed E-state index contributed by atoms with van der Waals surface area (Å²) in [6, 6.07) is 7.38. The molecule has 0 atom stereocenters. The van der Waals surface area contributed by atoms with Gasteiger partial charge in [-0.15, -0.1) is 0 Å². The number of halogens is 1. The zero-order valence-corrected chi connectivity index (χ0v) is 13.9. The molecule has 3 aromatic rings. The first-order valence-corrected chi connectivity index (χ1v) is 7.76. The van der Waals surface area contributed by atoms with E-state index in [0.717, 1.165) is 16.7 Å². The number of nitrogens with one attached hydrogen (secondary N) is 1. The van der Waals surface area contributed by atoms with Gasteiger partial charge in [0.2, 0.25) is 0 Å². The average Bonchev–Trinajstić information content (AvgIpc) is 2.86. The van der Waals surface area contributed by atoms with Crippen molar-refractivity contribution in [2.75, 3.05) is 0 Å². The summed E-state index contributed by atoms with van der Waals surface area (Å²) in [5, 5.41) is 7.96. The third-order valence-electron chi connectivity index (χ3n) is 3.49. The van der Waals surface area contributed by atoms with Crippen LogP contribution in [0, 0.1) is 6.92 Å². The third-order valence-corrected chi connectivity index (χ3v) is 3.72. The smallest absolute Gasteiger partial charge is 0.272 e. The van der Waals surface area contributed by atoms with E-state index in [0.29, 0.717) is 16.4 Å². The van der Waals surface area contributed by atoms with Crippen molar-refractivity contribution in [3.05, 3.63) is 52.9 Å². The average molecular weight is 329 g/mol. The lowest BCUT2D eigenvalue weighted by molar-refractivity contribution is 0.0938. The van der Waals surface area contributed by atoms with Gasteiger partial charge in [0, 0.05) is 23.5 Å². The Balaban J connectivity index is 2.26. The molecule has 1 aromatic carbocycles. The van der Waals surface area contributed by atoms with Crippen molar-refractivity contribution in [1.29, 1.82) is 0 Å². The summed E-state index contributed by atoms with van der Waals surface area (Å²) in [5.41, 5.74) is 3.60. The second kappa shape index (κ2) is 6.01. The Labute approximate surface area is 139 Å². The van der Waals surface area contributed by atoms with Gasteiger partial charge in [-0.25, -0.2) is 9.50 Å². The monoisotopic (exact) mass is 328 g/mol. The van der Waals surface area contributed by atoms with Gasteiger partial charge in [-0.3, -0.25) is 4.79 Å². The van der Waals surface area contributed by atoms with Crippen molar-refractivity contribution in [2.45, 2.75) is 26.8 Å². The minimum atomic E-state index is -0.213. The van der Waals surface area contributed by atoms with Crippen LogP contribution >= 0.6 is 11.6 Å². The van der Waals surface area contributed by atoms with Crippen LogP contribution in [0.2, 0.25) is 5.02 Å². The van der Waals surface area contributed by atoms with Crippen LogP contribution in [0.15, 0.2) is 36.7 Å². The molecule has 0 radical (unpaired) electrons. The van der Waals surface area contributed by atoms with E-state index in [9.17, 15) is 4.79 Å². The topological polar surface area (TPSA) is 59.3 Å². The van der Waals surface area contributed by atoms with Gasteiger partial charge in [-0.05, 0) is 50.1 Å². The number of carbonyl (C=O) groups excluding carboxylic acids is 1. The van der Waals surface area contributed by atoms with E-state index in [1.807, 2.05) is 32.9 Å². The highest BCUT2D eigenvalue weighted by Crippen LogP contribution is 2.31. The fourth-order valence-corrected chi connectivity index (χ4v) is 2.76. The van der Waals surface area contributed by atoms with Gasteiger partial charge in [0.1, 0.15) is 0 Å². The number of hydrogen-bond acceptors (Lipinski definition) is 3. The number of hydrogen-bond donors (Lipinski definition) is 1. The van der Waals surface area contributed by atoms with Crippen LogP contribution < -0.4 is 5.32 Å². The van der Waals surface area contributed by atoms with E-state index >= 15 is 0 Å². The minimum Gasteiger partial charge on any atom is -0.348 e. The van der Waals surface area contributed by atoms with Gasteiger partial charge < -0.3 is 5.32 Å². The number of amides is 1. The minimum absolute atomic E-state index is 0.0273.